The Morgan fingerprint density at radius 2 is 2.20 bits per heavy atom. The maximum atomic E-state index is 5.70. The van der Waals surface area contributed by atoms with Crippen molar-refractivity contribution in [2.24, 2.45) is 0 Å². The number of halogens is 1. The summed E-state index contributed by atoms with van der Waals surface area (Å²) in [5, 5.41) is 0.446. The lowest BCUT2D eigenvalue weighted by atomic mass is 10.2. The number of rotatable bonds is 2. The summed E-state index contributed by atoms with van der Waals surface area (Å²) in [5.74, 6) is 0.920. The van der Waals surface area contributed by atoms with E-state index in [0.717, 1.165) is 18.9 Å². The zero-order valence-electron chi connectivity index (χ0n) is 9.02. The number of anilines is 1. The molecule has 2 rings (SSSR count). The molecule has 0 aromatic carbocycles. The number of aromatic nitrogens is 2. The molecule has 0 amide bonds. The highest BCUT2D eigenvalue weighted by molar-refractivity contribution is 6.29. The van der Waals surface area contributed by atoms with Crippen LogP contribution in [0.1, 0.15) is 6.42 Å². The van der Waals surface area contributed by atoms with Gasteiger partial charge in [0.25, 0.3) is 0 Å². The van der Waals surface area contributed by atoms with E-state index in [1.54, 1.807) is 12.4 Å². The predicted molar refractivity (Wildman–Crippen MR) is 61.3 cm³/mol. The van der Waals surface area contributed by atoms with Gasteiger partial charge in [-0.25, -0.2) is 9.97 Å². The summed E-state index contributed by atoms with van der Waals surface area (Å²) >= 11 is 5.70. The van der Waals surface area contributed by atoms with Crippen LogP contribution in [0.5, 0.6) is 0 Å². The average Bonchev–Trinajstić information content (AvgIpc) is 2.68. The Hall–Kier alpha value is -0.870. The third-order valence-electron chi connectivity index (χ3n) is 2.82. The zero-order valence-corrected chi connectivity index (χ0v) is 9.78. The van der Waals surface area contributed by atoms with Gasteiger partial charge in [0.15, 0.2) is 0 Å². The summed E-state index contributed by atoms with van der Waals surface area (Å²) < 4.78 is 0. The molecule has 4 nitrogen and oxygen atoms in total. The van der Waals surface area contributed by atoms with Crippen LogP contribution in [0.3, 0.4) is 0 Å². The molecule has 1 aliphatic heterocycles. The van der Waals surface area contributed by atoms with Gasteiger partial charge >= 0.3 is 0 Å². The molecule has 0 N–H and O–H groups in total. The molecule has 0 spiro atoms. The molecule has 2 heterocycles. The second-order valence-electron chi connectivity index (χ2n) is 4.05. The van der Waals surface area contributed by atoms with Gasteiger partial charge in [0.1, 0.15) is 11.0 Å². The third kappa shape index (κ3) is 2.38. The molecule has 15 heavy (non-hydrogen) atoms. The lowest BCUT2D eigenvalue weighted by Crippen LogP contribution is -2.31. The smallest absolute Gasteiger partial charge is 0.147 e. The van der Waals surface area contributed by atoms with E-state index in [2.05, 4.69) is 33.9 Å². The van der Waals surface area contributed by atoms with Gasteiger partial charge in [-0.15, -0.1) is 0 Å². The van der Waals surface area contributed by atoms with Gasteiger partial charge in [0, 0.05) is 19.1 Å². The Morgan fingerprint density at radius 3 is 2.73 bits per heavy atom. The molecule has 82 valence electrons. The Bertz CT molecular complexity index is 325. The molecule has 1 unspecified atom stereocenters. The second-order valence-corrected chi connectivity index (χ2v) is 4.44. The molecular weight excluding hydrogens is 212 g/mol. The van der Waals surface area contributed by atoms with Crippen molar-refractivity contribution in [1.82, 2.24) is 14.9 Å². The van der Waals surface area contributed by atoms with Crippen LogP contribution in [0, 0.1) is 0 Å². The maximum absolute atomic E-state index is 5.70. The SMILES string of the molecule is CN(C)C1CCN(c2cnc(Cl)cn2)C1. The number of hydrogen-bond acceptors (Lipinski definition) is 4. The highest BCUT2D eigenvalue weighted by atomic mass is 35.5. The van der Waals surface area contributed by atoms with Crippen LogP contribution in [0.25, 0.3) is 0 Å². The molecule has 1 aromatic rings. The lowest BCUT2D eigenvalue weighted by Gasteiger charge is -2.20. The highest BCUT2D eigenvalue weighted by Gasteiger charge is 2.24. The molecule has 0 aliphatic carbocycles. The molecule has 0 radical (unpaired) electrons. The van der Waals surface area contributed by atoms with Gasteiger partial charge in [-0.3, -0.25) is 0 Å². The van der Waals surface area contributed by atoms with Crippen LogP contribution >= 0.6 is 11.6 Å². The monoisotopic (exact) mass is 226 g/mol. The van der Waals surface area contributed by atoms with Crippen molar-refractivity contribution in [3.05, 3.63) is 17.5 Å². The first-order chi connectivity index (χ1) is 7.16. The van der Waals surface area contributed by atoms with Crippen molar-refractivity contribution >= 4 is 17.4 Å². The Morgan fingerprint density at radius 1 is 1.40 bits per heavy atom. The molecule has 1 fully saturated rings. The van der Waals surface area contributed by atoms with Crippen LogP contribution < -0.4 is 4.90 Å². The quantitative estimate of drug-likeness (QED) is 0.761. The fraction of sp³-hybridized carbons (Fsp3) is 0.600. The van der Waals surface area contributed by atoms with E-state index in [0.29, 0.717) is 11.2 Å². The second kappa shape index (κ2) is 4.33. The molecule has 0 saturated carbocycles. The van der Waals surface area contributed by atoms with E-state index < -0.39 is 0 Å². The van der Waals surface area contributed by atoms with E-state index >= 15 is 0 Å². The van der Waals surface area contributed by atoms with E-state index in [1.165, 1.54) is 6.42 Å². The molecule has 1 saturated heterocycles. The zero-order chi connectivity index (χ0) is 10.8. The minimum atomic E-state index is 0.446. The molecule has 1 aliphatic rings. The molecule has 1 atom stereocenters. The predicted octanol–water partition coefficient (Wildman–Crippen LogP) is 1.27. The van der Waals surface area contributed by atoms with Crippen molar-refractivity contribution in [3.8, 4) is 0 Å². The number of hydrogen-bond donors (Lipinski definition) is 0. The number of likely N-dealkylation sites (N-methyl/N-ethyl adjacent to an activating group) is 1. The summed E-state index contributed by atoms with van der Waals surface area (Å²) in [6, 6.07) is 0.613. The molecular formula is C10H15ClN4. The van der Waals surface area contributed by atoms with Crippen LogP contribution in [0.15, 0.2) is 12.4 Å². The fourth-order valence-electron chi connectivity index (χ4n) is 1.84. The van der Waals surface area contributed by atoms with E-state index in [9.17, 15) is 0 Å². The molecule has 0 bridgehead atoms. The first-order valence-electron chi connectivity index (χ1n) is 5.06. The molecule has 1 aromatic heterocycles. The van der Waals surface area contributed by atoms with Crippen molar-refractivity contribution < 1.29 is 0 Å². The Kier molecular flexibility index (Phi) is 3.07. The summed E-state index contributed by atoms with van der Waals surface area (Å²) in [6.45, 7) is 2.06. The van der Waals surface area contributed by atoms with Crippen molar-refractivity contribution in [2.45, 2.75) is 12.5 Å². The standard InChI is InChI=1S/C10H15ClN4/c1-14(2)8-3-4-15(7-8)10-6-12-9(11)5-13-10/h5-6,8H,3-4,7H2,1-2H3. The minimum absolute atomic E-state index is 0.446. The lowest BCUT2D eigenvalue weighted by molar-refractivity contribution is 0.315. The summed E-state index contributed by atoms with van der Waals surface area (Å²) in [5.41, 5.74) is 0. The van der Waals surface area contributed by atoms with E-state index in [4.69, 9.17) is 11.6 Å². The average molecular weight is 227 g/mol. The third-order valence-corrected chi connectivity index (χ3v) is 3.02. The topological polar surface area (TPSA) is 32.3 Å². The van der Waals surface area contributed by atoms with Crippen LogP contribution in [0.2, 0.25) is 5.15 Å². The Labute approximate surface area is 94.9 Å². The van der Waals surface area contributed by atoms with E-state index in [1.807, 2.05) is 0 Å². The molecule has 5 heteroatoms. The normalized spacial score (nSPS) is 21.3. The maximum Gasteiger partial charge on any atom is 0.147 e. The van der Waals surface area contributed by atoms with Gasteiger partial charge < -0.3 is 9.80 Å². The van der Waals surface area contributed by atoms with Gasteiger partial charge in [0.2, 0.25) is 0 Å². The van der Waals surface area contributed by atoms with Crippen LogP contribution in [-0.2, 0) is 0 Å². The largest absolute Gasteiger partial charge is 0.354 e. The van der Waals surface area contributed by atoms with Gasteiger partial charge in [-0.1, -0.05) is 11.6 Å². The minimum Gasteiger partial charge on any atom is -0.354 e. The first-order valence-corrected chi connectivity index (χ1v) is 5.43. The Balaban J connectivity index is 2.04. The van der Waals surface area contributed by atoms with Gasteiger partial charge in [-0.2, -0.15) is 0 Å². The number of nitrogens with zero attached hydrogens (tertiary/aromatic N) is 4. The van der Waals surface area contributed by atoms with E-state index in [-0.39, 0.29) is 0 Å². The highest BCUT2D eigenvalue weighted by Crippen LogP contribution is 2.19. The fourth-order valence-corrected chi connectivity index (χ4v) is 1.94. The van der Waals surface area contributed by atoms with Gasteiger partial charge in [-0.05, 0) is 20.5 Å². The van der Waals surface area contributed by atoms with Gasteiger partial charge in [0.05, 0.1) is 12.4 Å². The summed E-state index contributed by atoms with van der Waals surface area (Å²) in [4.78, 5) is 12.8. The van der Waals surface area contributed by atoms with Crippen LogP contribution in [-0.4, -0.2) is 48.1 Å². The van der Waals surface area contributed by atoms with Crippen molar-refractivity contribution in [3.63, 3.8) is 0 Å². The van der Waals surface area contributed by atoms with Crippen molar-refractivity contribution in [2.75, 3.05) is 32.1 Å². The van der Waals surface area contributed by atoms with Crippen LogP contribution in [0.4, 0.5) is 5.82 Å². The summed E-state index contributed by atoms with van der Waals surface area (Å²) in [6.07, 6.45) is 4.51. The first kappa shape index (κ1) is 10.6. The van der Waals surface area contributed by atoms with Crippen molar-refractivity contribution in [1.29, 1.82) is 0 Å². The summed E-state index contributed by atoms with van der Waals surface area (Å²) in [7, 11) is 4.23.